The SMILES string of the molecule is CC[C@H](C)NC(=O)CCc1ncc(-c2cccc(OC)c2)o1. The largest absolute Gasteiger partial charge is 0.497 e. The Kier molecular flexibility index (Phi) is 5.58. The molecule has 0 spiro atoms. The van der Waals surface area contributed by atoms with Gasteiger partial charge in [-0.05, 0) is 25.5 Å². The van der Waals surface area contributed by atoms with E-state index in [1.54, 1.807) is 13.3 Å². The number of nitrogens with one attached hydrogen (secondary N) is 1. The molecule has 1 atom stereocenters. The fraction of sp³-hybridized carbons (Fsp3) is 0.412. The zero-order chi connectivity index (χ0) is 15.9. The minimum absolute atomic E-state index is 0.0236. The molecule has 1 aromatic carbocycles. The summed E-state index contributed by atoms with van der Waals surface area (Å²) in [5.74, 6) is 2.03. The third-order valence-corrected chi connectivity index (χ3v) is 3.49. The van der Waals surface area contributed by atoms with E-state index in [0.29, 0.717) is 24.5 Å². The second-order valence-corrected chi connectivity index (χ2v) is 5.23. The lowest BCUT2D eigenvalue weighted by Crippen LogP contribution is -2.32. The van der Waals surface area contributed by atoms with E-state index in [0.717, 1.165) is 17.7 Å². The molecule has 0 aliphatic rings. The molecule has 22 heavy (non-hydrogen) atoms. The molecule has 0 aliphatic heterocycles. The first-order valence-corrected chi connectivity index (χ1v) is 7.51. The van der Waals surface area contributed by atoms with Gasteiger partial charge in [0.2, 0.25) is 5.91 Å². The highest BCUT2D eigenvalue weighted by Gasteiger charge is 2.10. The number of ether oxygens (including phenoxy) is 1. The Morgan fingerprint density at radius 1 is 1.45 bits per heavy atom. The van der Waals surface area contributed by atoms with Crippen LogP contribution in [0.25, 0.3) is 11.3 Å². The number of hydrogen-bond donors (Lipinski definition) is 1. The second kappa shape index (κ2) is 7.64. The maximum Gasteiger partial charge on any atom is 0.220 e. The average Bonchev–Trinajstić information content (AvgIpc) is 3.02. The van der Waals surface area contributed by atoms with Crippen LogP contribution in [0.2, 0.25) is 0 Å². The Hall–Kier alpha value is -2.30. The molecule has 1 N–H and O–H groups in total. The molecule has 1 amide bonds. The van der Waals surface area contributed by atoms with Crippen molar-refractivity contribution >= 4 is 5.91 Å². The standard InChI is InChI=1S/C17H22N2O3/c1-4-12(2)19-16(20)8-9-17-18-11-15(22-17)13-6-5-7-14(10-13)21-3/h5-7,10-12H,4,8-9H2,1-3H3,(H,19,20)/t12-/m0/s1. The van der Waals surface area contributed by atoms with Gasteiger partial charge in [-0.25, -0.2) is 4.98 Å². The van der Waals surface area contributed by atoms with Crippen LogP contribution < -0.4 is 10.1 Å². The number of aryl methyl sites for hydroxylation is 1. The fourth-order valence-corrected chi connectivity index (χ4v) is 2.01. The number of carbonyl (C=O) groups is 1. The first-order valence-electron chi connectivity index (χ1n) is 7.51. The fourth-order valence-electron chi connectivity index (χ4n) is 2.01. The van der Waals surface area contributed by atoms with Gasteiger partial charge >= 0.3 is 0 Å². The highest BCUT2D eigenvalue weighted by atomic mass is 16.5. The van der Waals surface area contributed by atoms with Crippen LogP contribution in [-0.2, 0) is 11.2 Å². The lowest BCUT2D eigenvalue weighted by Gasteiger charge is -2.10. The van der Waals surface area contributed by atoms with Crippen LogP contribution in [0.1, 0.15) is 32.6 Å². The Balaban J connectivity index is 1.95. The Bertz CT molecular complexity index is 622. The molecule has 0 fully saturated rings. The van der Waals surface area contributed by atoms with Gasteiger partial charge in [-0.3, -0.25) is 4.79 Å². The molecule has 0 unspecified atom stereocenters. The number of amides is 1. The van der Waals surface area contributed by atoms with Crippen molar-refractivity contribution < 1.29 is 13.9 Å². The Morgan fingerprint density at radius 3 is 3.00 bits per heavy atom. The topological polar surface area (TPSA) is 64.4 Å². The van der Waals surface area contributed by atoms with Crippen LogP contribution in [-0.4, -0.2) is 24.0 Å². The molecule has 0 radical (unpaired) electrons. The van der Waals surface area contributed by atoms with Crippen molar-refractivity contribution in [1.29, 1.82) is 0 Å². The molecule has 1 aromatic heterocycles. The second-order valence-electron chi connectivity index (χ2n) is 5.23. The van der Waals surface area contributed by atoms with Crippen LogP contribution in [0, 0.1) is 0 Å². The van der Waals surface area contributed by atoms with Gasteiger partial charge in [0, 0.05) is 24.4 Å². The van der Waals surface area contributed by atoms with Gasteiger partial charge in [0.25, 0.3) is 0 Å². The maximum absolute atomic E-state index is 11.7. The van der Waals surface area contributed by atoms with E-state index in [-0.39, 0.29) is 11.9 Å². The summed E-state index contributed by atoms with van der Waals surface area (Å²) in [6.45, 7) is 4.03. The van der Waals surface area contributed by atoms with Crippen LogP contribution in [0.5, 0.6) is 5.75 Å². The average molecular weight is 302 g/mol. The van der Waals surface area contributed by atoms with E-state index < -0.39 is 0 Å². The lowest BCUT2D eigenvalue weighted by molar-refractivity contribution is -0.121. The molecule has 1 heterocycles. The molecular weight excluding hydrogens is 280 g/mol. The van der Waals surface area contributed by atoms with E-state index in [1.165, 1.54) is 0 Å². The number of rotatable bonds is 7. The van der Waals surface area contributed by atoms with E-state index in [9.17, 15) is 4.79 Å². The molecule has 2 aromatic rings. The first kappa shape index (κ1) is 16.1. The van der Waals surface area contributed by atoms with Crippen molar-refractivity contribution in [2.45, 2.75) is 39.2 Å². The summed E-state index contributed by atoms with van der Waals surface area (Å²) in [7, 11) is 1.63. The zero-order valence-corrected chi connectivity index (χ0v) is 13.3. The number of hydrogen-bond acceptors (Lipinski definition) is 4. The number of methoxy groups -OCH3 is 1. The zero-order valence-electron chi connectivity index (χ0n) is 13.3. The Morgan fingerprint density at radius 2 is 2.27 bits per heavy atom. The summed E-state index contributed by atoms with van der Waals surface area (Å²) < 4.78 is 10.9. The predicted octanol–water partition coefficient (Wildman–Crippen LogP) is 3.20. The number of nitrogens with zero attached hydrogens (tertiary/aromatic N) is 1. The number of aromatic nitrogens is 1. The molecule has 0 saturated heterocycles. The van der Waals surface area contributed by atoms with Gasteiger partial charge in [-0.1, -0.05) is 19.1 Å². The van der Waals surface area contributed by atoms with Gasteiger partial charge in [-0.15, -0.1) is 0 Å². The minimum atomic E-state index is 0.0236. The van der Waals surface area contributed by atoms with Gasteiger partial charge < -0.3 is 14.5 Å². The van der Waals surface area contributed by atoms with Crippen LogP contribution in [0.15, 0.2) is 34.9 Å². The van der Waals surface area contributed by atoms with Crippen molar-refractivity contribution in [1.82, 2.24) is 10.3 Å². The van der Waals surface area contributed by atoms with Gasteiger partial charge in [0.05, 0.1) is 13.3 Å². The monoisotopic (exact) mass is 302 g/mol. The Labute approximate surface area is 130 Å². The summed E-state index contributed by atoms with van der Waals surface area (Å²) in [6, 6.07) is 7.79. The molecule has 2 rings (SSSR count). The highest BCUT2D eigenvalue weighted by molar-refractivity contribution is 5.76. The van der Waals surface area contributed by atoms with Crippen molar-refractivity contribution in [2.24, 2.45) is 0 Å². The van der Waals surface area contributed by atoms with Crippen LogP contribution in [0.3, 0.4) is 0 Å². The lowest BCUT2D eigenvalue weighted by atomic mass is 10.2. The molecule has 0 aliphatic carbocycles. The van der Waals surface area contributed by atoms with Crippen LogP contribution in [0.4, 0.5) is 0 Å². The molecule has 118 valence electrons. The maximum atomic E-state index is 11.7. The predicted molar refractivity (Wildman–Crippen MR) is 84.7 cm³/mol. The number of oxazole rings is 1. The number of carbonyl (C=O) groups excluding carboxylic acids is 1. The van der Waals surface area contributed by atoms with Crippen molar-refractivity contribution in [2.75, 3.05) is 7.11 Å². The summed E-state index contributed by atoms with van der Waals surface area (Å²) in [4.78, 5) is 16.0. The summed E-state index contributed by atoms with van der Waals surface area (Å²) >= 11 is 0. The smallest absolute Gasteiger partial charge is 0.220 e. The molecule has 0 saturated carbocycles. The molecular formula is C17H22N2O3. The molecule has 5 heteroatoms. The first-order chi connectivity index (χ1) is 10.6. The van der Waals surface area contributed by atoms with Gasteiger partial charge in [-0.2, -0.15) is 0 Å². The summed E-state index contributed by atoms with van der Waals surface area (Å²) in [5.41, 5.74) is 0.905. The number of benzene rings is 1. The highest BCUT2D eigenvalue weighted by Crippen LogP contribution is 2.24. The van der Waals surface area contributed by atoms with Crippen molar-refractivity contribution in [3.63, 3.8) is 0 Å². The van der Waals surface area contributed by atoms with E-state index >= 15 is 0 Å². The summed E-state index contributed by atoms with van der Waals surface area (Å²) in [6.07, 6.45) is 3.47. The van der Waals surface area contributed by atoms with E-state index in [2.05, 4.69) is 10.3 Å². The van der Waals surface area contributed by atoms with Crippen LogP contribution >= 0.6 is 0 Å². The van der Waals surface area contributed by atoms with Gasteiger partial charge in [0.1, 0.15) is 5.75 Å². The van der Waals surface area contributed by atoms with Crippen molar-refractivity contribution in [3.8, 4) is 17.1 Å². The third-order valence-electron chi connectivity index (χ3n) is 3.49. The molecule has 5 nitrogen and oxygen atoms in total. The van der Waals surface area contributed by atoms with Gasteiger partial charge in [0.15, 0.2) is 11.7 Å². The van der Waals surface area contributed by atoms with Crippen molar-refractivity contribution in [3.05, 3.63) is 36.4 Å². The quantitative estimate of drug-likeness (QED) is 0.853. The van der Waals surface area contributed by atoms with E-state index in [1.807, 2.05) is 38.1 Å². The normalized spacial score (nSPS) is 12.0. The third kappa shape index (κ3) is 4.35. The minimum Gasteiger partial charge on any atom is -0.497 e. The molecule has 0 bridgehead atoms. The van der Waals surface area contributed by atoms with E-state index in [4.69, 9.17) is 9.15 Å². The summed E-state index contributed by atoms with van der Waals surface area (Å²) in [5, 5.41) is 2.93.